The predicted molar refractivity (Wildman–Crippen MR) is 568 cm³/mol. The molecule has 28 aromatic rings. The molecule has 0 saturated heterocycles. The monoisotopic (exact) mass is 1700 g/mol. The summed E-state index contributed by atoms with van der Waals surface area (Å²) < 4.78 is 14.4. The maximum atomic E-state index is 2.42. The summed E-state index contributed by atoms with van der Waals surface area (Å²) in [7, 11) is 0. The number of nitrogens with zero attached hydrogens (tertiary/aromatic N) is 6. The van der Waals surface area contributed by atoms with Gasteiger partial charge in [-0.3, -0.25) is 0 Å². The van der Waals surface area contributed by atoms with Crippen LogP contribution >= 0.6 is 0 Å². The van der Waals surface area contributed by atoms with Crippen molar-refractivity contribution in [1.29, 1.82) is 0 Å². The summed E-state index contributed by atoms with van der Waals surface area (Å²) in [4.78, 5) is 0. The molecule has 0 bridgehead atoms. The number of rotatable bonds is 11. The van der Waals surface area contributed by atoms with E-state index in [1.54, 1.807) is 0 Å². The van der Waals surface area contributed by atoms with Gasteiger partial charge in [0.1, 0.15) is 0 Å². The Labute approximate surface area is 773 Å². The lowest BCUT2D eigenvalue weighted by molar-refractivity contribution is 1.18. The number of para-hydroxylation sites is 8. The van der Waals surface area contributed by atoms with Crippen LogP contribution in [-0.2, 0) is 0 Å². The van der Waals surface area contributed by atoms with Crippen LogP contribution in [0.3, 0.4) is 0 Å². The third-order valence-electron chi connectivity index (χ3n) is 27.5. The minimum absolute atomic E-state index is 1.16. The van der Waals surface area contributed by atoms with Crippen LogP contribution in [0.15, 0.2) is 510 Å². The van der Waals surface area contributed by atoms with Gasteiger partial charge in [-0.2, -0.15) is 0 Å². The first-order valence-corrected chi connectivity index (χ1v) is 46.1. The van der Waals surface area contributed by atoms with Crippen molar-refractivity contribution in [2.24, 2.45) is 0 Å². The lowest BCUT2D eigenvalue weighted by Gasteiger charge is -2.12. The minimum atomic E-state index is 1.16. The molecule has 0 aliphatic rings. The van der Waals surface area contributed by atoms with Crippen molar-refractivity contribution in [3.63, 3.8) is 0 Å². The van der Waals surface area contributed by atoms with Gasteiger partial charge in [-0.15, -0.1) is 0 Å². The molecular formula is C128H84N6. The van der Waals surface area contributed by atoms with E-state index in [1.165, 1.54) is 231 Å². The van der Waals surface area contributed by atoms with Gasteiger partial charge in [-0.1, -0.05) is 334 Å². The summed E-state index contributed by atoms with van der Waals surface area (Å²) >= 11 is 0. The second-order valence-corrected chi connectivity index (χ2v) is 35.0. The quantitative estimate of drug-likeness (QED) is 0.124. The summed E-state index contributed by atoms with van der Waals surface area (Å²) in [6, 6.07) is 185. The molecule has 6 heteroatoms. The summed E-state index contributed by atoms with van der Waals surface area (Å²) in [5, 5.41) is 20.2. The average molecular weight is 1710 g/mol. The Hall–Kier alpha value is -17.8. The fourth-order valence-corrected chi connectivity index (χ4v) is 21.3. The van der Waals surface area contributed by atoms with Crippen LogP contribution in [0.2, 0.25) is 0 Å². The third kappa shape index (κ3) is 13.0. The molecule has 0 saturated carbocycles. The Balaban J connectivity index is 0.000000105. The van der Waals surface area contributed by atoms with Crippen LogP contribution in [0.1, 0.15) is 0 Å². The zero-order chi connectivity index (χ0) is 88.3. The van der Waals surface area contributed by atoms with Gasteiger partial charge in [-0.25, -0.2) is 0 Å². The van der Waals surface area contributed by atoms with E-state index in [0.717, 1.165) is 11.4 Å². The lowest BCUT2D eigenvalue weighted by Crippen LogP contribution is -1.95. The maximum absolute atomic E-state index is 2.42. The molecule has 0 N–H and O–H groups in total. The van der Waals surface area contributed by atoms with Crippen molar-refractivity contribution >= 4 is 152 Å². The van der Waals surface area contributed by atoms with Crippen LogP contribution in [0.4, 0.5) is 0 Å². The fraction of sp³-hybridized carbons (Fsp3) is 0. The Morgan fingerprint density at radius 3 is 0.709 bits per heavy atom. The molecular weight excluding hydrogens is 1620 g/mol. The Bertz CT molecular complexity index is 9480. The molecule has 0 radical (unpaired) electrons. The second kappa shape index (κ2) is 32.1. The zero-order valence-corrected chi connectivity index (χ0v) is 73.2. The highest BCUT2D eigenvalue weighted by atomic mass is 15.0. The molecule has 626 valence electrons. The molecule has 0 atom stereocenters. The molecule has 0 spiro atoms. The van der Waals surface area contributed by atoms with Crippen molar-refractivity contribution in [2.75, 3.05) is 0 Å². The van der Waals surface area contributed by atoms with Crippen LogP contribution in [-0.4, -0.2) is 27.4 Å². The van der Waals surface area contributed by atoms with Gasteiger partial charge in [-0.05, 0) is 248 Å². The van der Waals surface area contributed by atoms with E-state index in [9.17, 15) is 0 Å². The smallest absolute Gasteiger partial charge is 0.0541 e. The highest BCUT2D eigenvalue weighted by Gasteiger charge is 2.23. The third-order valence-corrected chi connectivity index (χ3v) is 27.5. The number of hydrogen-bond donors (Lipinski definition) is 0. The predicted octanol–water partition coefficient (Wildman–Crippen LogP) is 34.3. The van der Waals surface area contributed by atoms with Gasteiger partial charge in [0.05, 0.1) is 71.9 Å². The van der Waals surface area contributed by atoms with Crippen LogP contribution in [0.25, 0.3) is 242 Å². The number of hydrogen-bond acceptors (Lipinski definition) is 0. The Morgan fingerprint density at radius 1 is 0.0970 bits per heavy atom. The summed E-state index contributed by atoms with van der Waals surface area (Å²) in [6.45, 7) is 0. The molecule has 0 fully saturated rings. The van der Waals surface area contributed by atoms with Gasteiger partial charge in [0.15, 0.2) is 0 Å². The first-order chi connectivity index (χ1) is 66.5. The largest absolute Gasteiger partial charge is 0.309 e. The highest BCUT2D eigenvalue weighted by molar-refractivity contribution is 6.18. The zero-order valence-electron chi connectivity index (χ0n) is 73.2. The molecule has 6 aromatic heterocycles. The summed E-state index contributed by atoms with van der Waals surface area (Å²) in [6.07, 6.45) is 0. The number of fused-ring (bicyclic) bond motifs is 20. The molecule has 28 rings (SSSR count). The molecule has 6 nitrogen and oxygen atoms in total. The van der Waals surface area contributed by atoms with Gasteiger partial charge < -0.3 is 27.4 Å². The standard InChI is InChI=1S/C48H32N2.2C40H26N2/c1-3-12-33(13-4-1)35-22-26-39(27-23-35)49-45-20-9-7-18-41(45)43-31-37(24-28-47(43)49)38-25-29-48-44(32-38)42-19-8-10-21-46(42)50(48)40-17-11-16-36(30-40)34-14-5-2-6-15-34;1-2-13-30(14-3-1)41-37-18-8-6-16-32(37)34-25-28(21-23-39(34)41)29-22-24-40-35(26-29)33-17-7-9-19-38(33)42(40)36-20-10-12-27-11-4-5-15-31(27)36;1-2-12-31(13-3-1)41-37-16-8-6-14-33(37)35-25-29(19-22-39(35)41)30-20-23-40-36(26-30)34-15-7-9-17-38(34)42(40)32-21-18-27-10-4-5-11-28(27)24-32/h1-32H;2*1-26H. The topological polar surface area (TPSA) is 29.6 Å². The first-order valence-electron chi connectivity index (χ1n) is 46.1. The van der Waals surface area contributed by atoms with Gasteiger partial charge >= 0.3 is 0 Å². The van der Waals surface area contributed by atoms with Crippen molar-refractivity contribution in [1.82, 2.24) is 27.4 Å². The van der Waals surface area contributed by atoms with Crippen molar-refractivity contribution < 1.29 is 0 Å². The Morgan fingerprint density at radius 2 is 0.321 bits per heavy atom. The van der Waals surface area contributed by atoms with Crippen molar-refractivity contribution in [3.8, 4) is 89.8 Å². The van der Waals surface area contributed by atoms with E-state index >= 15 is 0 Å². The average Bonchev–Trinajstić information content (AvgIpc) is 1.59. The van der Waals surface area contributed by atoms with Crippen LogP contribution in [0.5, 0.6) is 0 Å². The van der Waals surface area contributed by atoms with E-state index in [2.05, 4.69) is 537 Å². The number of benzene rings is 22. The lowest BCUT2D eigenvalue weighted by atomic mass is 10.0. The summed E-state index contributed by atoms with van der Waals surface area (Å²) in [5.74, 6) is 0. The van der Waals surface area contributed by atoms with E-state index in [-0.39, 0.29) is 0 Å². The normalized spacial score (nSPS) is 11.7. The Kier molecular flexibility index (Phi) is 18.5. The maximum Gasteiger partial charge on any atom is 0.0541 e. The van der Waals surface area contributed by atoms with E-state index in [0.29, 0.717) is 0 Å². The van der Waals surface area contributed by atoms with Crippen LogP contribution in [0, 0.1) is 0 Å². The molecule has 0 unspecified atom stereocenters. The molecule has 0 aliphatic carbocycles. The fourth-order valence-electron chi connectivity index (χ4n) is 21.3. The van der Waals surface area contributed by atoms with Crippen molar-refractivity contribution in [2.45, 2.75) is 0 Å². The van der Waals surface area contributed by atoms with Crippen molar-refractivity contribution in [3.05, 3.63) is 510 Å². The van der Waals surface area contributed by atoms with E-state index in [4.69, 9.17) is 0 Å². The first kappa shape index (κ1) is 77.3. The highest BCUT2D eigenvalue weighted by Crippen LogP contribution is 2.45. The van der Waals surface area contributed by atoms with E-state index < -0.39 is 0 Å². The minimum Gasteiger partial charge on any atom is -0.309 e. The van der Waals surface area contributed by atoms with Gasteiger partial charge in [0.2, 0.25) is 0 Å². The molecule has 22 aromatic carbocycles. The SMILES string of the molecule is c1ccc(-c2ccc(-n3c4ccccc4c4cc(-c5ccc6c(c5)c5ccccc5n6-c5cccc(-c6ccccc6)c5)ccc43)cc2)cc1.c1ccc(-n2c3ccccc3c3cc(-c4ccc5c(c4)c4ccccc4n5-c4ccc5ccccc5c4)ccc32)cc1.c1ccc(-n2c3ccccc3c3cc(-c4ccc5c(c4)c4ccccc4n5-c4cccc5ccccc45)ccc32)cc1. The van der Waals surface area contributed by atoms with E-state index in [1.807, 2.05) is 0 Å². The molecule has 0 amide bonds. The van der Waals surface area contributed by atoms with Gasteiger partial charge in [0, 0.05) is 98.5 Å². The molecule has 134 heavy (non-hydrogen) atoms. The van der Waals surface area contributed by atoms with Gasteiger partial charge in [0.25, 0.3) is 0 Å². The molecule has 0 aliphatic heterocycles. The second-order valence-electron chi connectivity index (χ2n) is 35.0. The molecule has 6 heterocycles. The summed E-state index contributed by atoms with van der Waals surface area (Å²) in [5.41, 5.74) is 33.9. The van der Waals surface area contributed by atoms with Crippen LogP contribution < -0.4 is 0 Å². The number of aromatic nitrogens is 6.